The number of benzene rings is 2. The van der Waals surface area contributed by atoms with E-state index >= 15 is 0 Å². The van der Waals surface area contributed by atoms with E-state index in [4.69, 9.17) is 9.47 Å². The number of aryl methyl sites for hydroxylation is 2. The van der Waals surface area contributed by atoms with Gasteiger partial charge in [-0.3, -0.25) is 4.79 Å². The predicted octanol–water partition coefficient (Wildman–Crippen LogP) is 3.49. The lowest BCUT2D eigenvalue weighted by molar-refractivity contribution is -0.150. The number of amides is 1. The Morgan fingerprint density at radius 2 is 1.69 bits per heavy atom. The van der Waals surface area contributed by atoms with Gasteiger partial charge in [0.05, 0.1) is 6.04 Å². The molecule has 0 spiro atoms. The zero-order valence-corrected chi connectivity index (χ0v) is 15.5. The fourth-order valence-electron chi connectivity index (χ4n) is 2.50. The van der Waals surface area contributed by atoms with Crippen LogP contribution in [0.25, 0.3) is 0 Å². The molecule has 0 unspecified atom stereocenters. The summed E-state index contributed by atoms with van der Waals surface area (Å²) in [6.45, 7) is 5.35. The number of ether oxygens (including phenoxy) is 2. The van der Waals surface area contributed by atoms with Crippen molar-refractivity contribution in [3.05, 3.63) is 65.2 Å². The van der Waals surface area contributed by atoms with Crippen LogP contribution in [0.3, 0.4) is 0 Å². The topological polar surface area (TPSA) is 64.6 Å². The normalized spacial score (nSPS) is 11.5. The molecule has 0 aliphatic carbocycles. The first-order chi connectivity index (χ1) is 12.5. The second kappa shape index (κ2) is 9.61. The van der Waals surface area contributed by atoms with Crippen molar-refractivity contribution < 1.29 is 19.1 Å². The zero-order chi connectivity index (χ0) is 18.9. The highest BCUT2D eigenvalue weighted by Gasteiger charge is 2.14. The average molecular weight is 355 g/mol. The van der Waals surface area contributed by atoms with E-state index in [1.807, 2.05) is 63.2 Å². The van der Waals surface area contributed by atoms with Gasteiger partial charge < -0.3 is 14.8 Å². The van der Waals surface area contributed by atoms with Gasteiger partial charge in [-0.05, 0) is 37.5 Å². The van der Waals surface area contributed by atoms with Crippen molar-refractivity contribution in [1.82, 2.24) is 5.32 Å². The number of hydrogen-bond acceptors (Lipinski definition) is 4. The predicted molar refractivity (Wildman–Crippen MR) is 100.0 cm³/mol. The number of carbonyl (C=O) groups is 2. The summed E-state index contributed by atoms with van der Waals surface area (Å²) in [6.07, 6.45) is 0.749. The first-order valence-corrected chi connectivity index (χ1v) is 8.69. The van der Waals surface area contributed by atoms with Crippen LogP contribution in [0, 0.1) is 13.8 Å². The van der Waals surface area contributed by atoms with Gasteiger partial charge in [0.2, 0.25) is 0 Å². The molecule has 0 saturated carbocycles. The van der Waals surface area contributed by atoms with Crippen molar-refractivity contribution in [2.45, 2.75) is 33.2 Å². The maximum Gasteiger partial charge on any atom is 0.344 e. The number of carbonyl (C=O) groups excluding carboxylic acids is 2. The lowest BCUT2D eigenvalue weighted by Crippen LogP contribution is -2.33. The van der Waals surface area contributed by atoms with E-state index in [-0.39, 0.29) is 25.2 Å². The summed E-state index contributed by atoms with van der Waals surface area (Å²) in [7, 11) is 0. The molecule has 0 bridgehead atoms. The molecule has 1 atom stereocenters. The largest absolute Gasteiger partial charge is 0.482 e. The van der Waals surface area contributed by atoms with E-state index in [0.29, 0.717) is 5.75 Å². The highest BCUT2D eigenvalue weighted by Crippen LogP contribution is 2.17. The van der Waals surface area contributed by atoms with Crippen molar-refractivity contribution in [2.75, 3.05) is 13.2 Å². The van der Waals surface area contributed by atoms with Gasteiger partial charge in [-0.2, -0.15) is 0 Å². The molecule has 2 aromatic rings. The molecule has 2 rings (SSSR count). The molecule has 0 saturated heterocycles. The highest BCUT2D eigenvalue weighted by molar-refractivity contribution is 5.81. The molecule has 0 fully saturated rings. The molecule has 138 valence electrons. The molecular formula is C21H25NO4. The molecule has 1 N–H and O–H groups in total. The van der Waals surface area contributed by atoms with E-state index in [9.17, 15) is 9.59 Å². The van der Waals surface area contributed by atoms with Crippen LogP contribution in [-0.2, 0) is 14.3 Å². The summed E-state index contributed by atoms with van der Waals surface area (Å²) in [5.74, 6) is -0.284. The Morgan fingerprint density at radius 3 is 2.35 bits per heavy atom. The van der Waals surface area contributed by atoms with Crippen LogP contribution in [0.4, 0.5) is 0 Å². The number of para-hydroxylation sites is 1. The molecule has 5 heteroatoms. The Bertz CT molecular complexity index is 740. The summed E-state index contributed by atoms with van der Waals surface area (Å²) < 4.78 is 10.4. The highest BCUT2D eigenvalue weighted by atomic mass is 16.6. The van der Waals surface area contributed by atoms with E-state index in [0.717, 1.165) is 23.1 Å². The number of hydrogen-bond donors (Lipinski definition) is 1. The third-order valence-corrected chi connectivity index (χ3v) is 4.03. The summed E-state index contributed by atoms with van der Waals surface area (Å²) in [5, 5.41) is 2.88. The van der Waals surface area contributed by atoms with Crippen LogP contribution in [0.5, 0.6) is 5.75 Å². The van der Waals surface area contributed by atoms with Crippen LogP contribution in [0.1, 0.15) is 36.1 Å². The smallest absolute Gasteiger partial charge is 0.344 e. The van der Waals surface area contributed by atoms with Gasteiger partial charge in [0.15, 0.2) is 13.2 Å². The maximum absolute atomic E-state index is 12.1. The fraction of sp³-hybridized carbons (Fsp3) is 0.333. The zero-order valence-electron chi connectivity index (χ0n) is 15.5. The minimum Gasteiger partial charge on any atom is -0.482 e. The number of nitrogens with one attached hydrogen (secondary N) is 1. The Kier molecular flexibility index (Phi) is 7.21. The molecule has 5 nitrogen and oxygen atoms in total. The molecular weight excluding hydrogens is 330 g/mol. The fourth-order valence-corrected chi connectivity index (χ4v) is 2.50. The van der Waals surface area contributed by atoms with Crippen molar-refractivity contribution in [2.24, 2.45) is 0 Å². The third kappa shape index (κ3) is 5.92. The molecule has 1 amide bonds. The average Bonchev–Trinajstić information content (AvgIpc) is 2.64. The second-order valence-corrected chi connectivity index (χ2v) is 6.15. The van der Waals surface area contributed by atoms with Gasteiger partial charge in [-0.25, -0.2) is 4.79 Å². The number of esters is 1. The van der Waals surface area contributed by atoms with E-state index < -0.39 is 5.97 Å². The van der Waals surface area contributed by atoms with Crippen LogP contribution in [0.15, 0.2) is 48.5 Å². The molecule has 0 aliphatic rings. The summed E-state index contributed by atoms with van der Waals surface area (Å²) in [5.41, 5.74) is 3.13. The molecule has 0 aliphatic heterocycles. The lowest BCUT2D eigenvalue weighted by Gasteiger charge is -2.17. The van der Waals surface area contributed by atoms with Crippen molar-refractivity contribution in [1.29, 1.82) is 0 Å². The monoisotopic (exact) mass is 355 g/mol. The first-order valence-electron chi connectivity index (χ1n) is 8.69. The molecule has 0 heterocycles. The van der Waals surface area contributed by atoms with Crippen molar-refractivity contribution in [3.8, 4) is 5.75 Å². The molecule has 2 aromatic carbocycles. The van der Waals surface area contributed by atoms with Crippen LogP contribution in [-0.4, -0.2) is 25.1 Å². The SMILES string of the molecule is CC[C@H](NC(=O)COC(=O)COc1ccccc1C)c1ccc(C)cc1. The maximum atomic E-state index is 12.1. The Balaban J connectivity index is 1.77. The summed E-state index contributed by atoms with van der Waals surface area (Å²) in [6, 6.07) is 15.3. The summed E-state index contributed by atoms with van der Waals surface area (Å²) in [4.78, 5) is 23.8. The lowest BCUT2D eigenvalue weighted by atomic mass is 10.0. The number of rotatable bonds is 8. The van der Waals surface area contributed by atoms with Crippen molar-refractivity contribution in [3.63, 3.8) is 0 Å². The Morgan fingerprint density at radius 1 is 1.00 bits per heavy atom. The van der Waals surface area contributed by atoms with Crippen LogP contribution < -0.4 is 10.1 Å². The van der Waals surface area contributed by atoms with E-state index in [2.05, 4.69) is 5.32 Å². The molecule has 0 aromatic heterocycles. The van der Waals surface area contributed by atoms with Gasteiger partial charge in [-0.15, -0.1) is 0 Å². The summed E-state index contributed by atoms with van der Waals surface area (Å²) >= 11 is 0. The third-order valence-electron chi connectivity index (χ3n) is 4.03. The quantitative estimate of drug-likeness (QED) is 0.736. The van der Waals surface area contributed by atoms with Crippen molar-refractivity contribution >= 4 is 11.9 Å². The minimum atomic E-state index is -0.577. The van der Waals surface area contributed by atoms with E-state index in [1.54, 1.807) is 6.07 Å². The van der Waals surface area contributed by atoms with Gasteiger partial charge in [-0.1, -0.05) is 55.0 Å². The van der Waals surface area contributed by atoms with Crippen LogP contribution in [0.2, 0.25) is 0 Å². The van der Waals surface area contributed by atoms with Crippen LogP contribution >= 0.6 is 0 Å². The Hall–Kier alpha value is -2.82. The van der Waals surface area contributed by atoms with Gasteiger partial charge in [0, 0.05) is 0 Å². The standard InChI is InChI=1S/C21H25NO4/c1-4-18(17-11-9-15(2)10-12-17)22-20(23)13-26-21(24)14-25-19-8-6-5-7-16(19)3/h5-12,18H,4,13-14H2,1-3H3,(H,22,23)/t18-/m0/s1. The van der Waals surface area contributed by atoms with E-state index in [1.165, 1.54) is 0 Å². The van der Waals surface area contributed by atoms with Gasteiger partial charge in [0.1, 0.15) is 5.75 Å². The Labute approximate surface area is 154 Å². The molecule has 0 radical (unpaired) electrons. The minimum absolute atomic E-state index is 0.106. The van der Waals surface area contributed by atoms with Gasteiger partial charge >= 0.3 is 5.97 Å². The second-order valence-electron chi connectivity index (χ2n) is 6.15. The molecule has 26 heavy (non-hydrogen) atoms. The van der Waals surface area contributed by atoms with Gasteiger partial charge in [0.25, 0.3) is 5.91 Å². The first kappa shape index (κ1) is 19.5.